The van der Waals surface area contributed by atoms with Gasteiger partial charge in [-0.25, -0.2) is 9.50 Å². The van der Waals surface area contributed by atoms with Crippen molar-refractivity contribution < 1.29 is 0 Å². The molecule has 1 N–H and O–H groups in total. The fourth-order valence-corrected chi connectivity index (χ4v) is 2.96. The molecule has 3 aromatic rings. The van der Waals surface area contributed by atoms with Gasteiger partial charge >= 0.3 is 0 Å². The molecule has 0 saturated carbocycles. The van der Waals surface area contributed by atoms with E-state index in [2.05, 4.69) is 66.0 Å². The van der Waals surface area contributed by atoms with Gasteiger partial charge in [0.25, 0.3) is 0 Å². The van der Waals surface area contributed by atoms with Crippen LogP contribution in [-0.4, -0.2) is 14.6 Å². The molecule has 4 nitrogen and oxygen atoms in total. The maximum absolute atomic E-state index is 4.65. The Balaban J connectivity index is 1.97. The second-order valence-corrected chi connectivity index (χ2v) is 7.09. The summed E-state index contributed by atoms with van der Waals surface area (Å²) < 4.78 is 1.90. The molecule has 0 saturated heterocycles. The van der Waals surface area contributed by atoms with E-state index < -0.39 is 0 Å². The summed E-state index contributed by atoms with van der Waals surface area (Å²) >= 11 is 1.71. The summed E-state index contributed by atoms with van der Waals surface area (Å²) in [5.74, 6) is 0.874. The Morgan fingerprint density at radius 1 is 1.33 bits per heavy atom. The van der Waals surface area contributed by atoms with Crippen molar-refractivity contribution in [2.75, 3.05) is 5.32 Å². The summed E-state index contributed by atoms with van der Waals surface area (Å²) in [4.78, 5) is 4.48. The van der Waals surface area contributed by atoms with Crippen LogP contribution in [0.1, 0.15) is 45.0 Å². The first-order valence-electron chi connectivity index (χ1n) is 7.08. The van der Waals surface area contributed by atoms with Crippen LogP contribution in [-0.2, 0) is 5.41 Å². The molecule has 0 amide bonds. The fourth-order valence-electron chi connectivity index (χ4n) is 2.21. The van der Waals surface area contributed by atoms with Gasteiger partial charge in [-0.15, -0.1) is 0 Å². The average Bonchev–Trinajstić information content (AvgIpc) is 3.07. The number of hydrogen-bond acceptors (Lipinski definition) is 4. The molecule has 110 valence electrons. The molecule has 0 aliphatic carbocycles. The van der Waals surface area contributed by atoms with E-state index in [-0.39, 0.29) is 11.5 Å². The SMILES string of the molecule is CC(Nc1nccn2nc(C(C)(C)C)cc12)c1ccsc1. The average molecular weight is 300 g/mol. The van der Waals surface area contributed by atoms with E-state index in [9.17, 15) is 0 Å². The lowest BCUT2D eigenvalue weighted by Crippen LogP contribution is -2.11. The molecule has 1 unspecified atom stereocenters. The number of aromatic nitrogens is 3. The van der Waals surface area contributed by atoms with Gasteiger partial charge in [0.1, 0.15) is 5.52 Å². The Labute approximate surface area is 128 Å². The Morgan fingerprint density at radius 2 is 2.14 bits per heavy atom. The molecule has 21 heavy (non-hydrogen) atoms. The monoisotopic (exact) mass is 300 g/mol. The first-order chi connectivity index (χ1) is 9.95. The number of hydrogen-bond donors (Lipinski definition) is 1. The minimum Gasteiger partial charge on any atom is -0.362 e. The summed E-state index contributed by atoms with van der Waals surface area (Å²) in [5.41, 5.74) is 3.40. The number of nitrogens with zero attached hydrogens (tertiary/aromatic N) is 3. The van der Waals surface area contributed by atoms with E-state index in [1.165, 1.54) is 5.56 Å². The third-order valence-electron chi connectivity index (χ3n) is 3.55. The van der Waals surface area contributed by atoms with Crippen molar-refractivity contribution in [3.63, 3.8) is 0 Å². The highest BCUT2D eigenvalue weighted by Gasteiger charge is 2.19. The van der Waals surface area contributed by atoms with E-state index in [1.807, 2.05) is 10.7 Å². The number of nitrogens with one attached hydrogen (secondary N) is 1. The number of fused-ring (bicyclic) bond motifs is 1. The van der Waals surface area contributed by atoms with E-state index >= 15 is 0 Å². The van der Waals surface area contributed by atoms with Gasteiger partial charge in [0.15, 0.2) is 5.82 Å². The van der Waals surface area contributed by atoms with Gasteiger partial charge in [-0.05, 0) is 35.4 Å². The Hall–Kier alpha value is -1.88. The fraction of sp³-hybridized carbons (Fsp3) is 0.375. The van der Waals surface area contributed by atoms with Gasteiger partial charge in [0.2, 0.25) is 0 Å². The van der Waals surface area contributed by atoms with Gasteiger partial charge in [0.05, 0.1) is 11.7 Å². The molecular weight excluding hydrogens is 280 g/mol. The highest BCUT2D eigenvalue weighted by Crippen LogP contribution is 2.27. The van der Waals surface area contributed by atoms with Gasteiger partial charge in [-0.3, -0.25) is 0 Å². The van der Waals surface area contributed by atoms with E-state index in [0.717, 1.165) is 17.0 Å². The maximum atomic E-state index is 4.65. The van der Waals surface area contributed by atoms with Crippen LogP contribution in [0.15, 0.2) is 35.3 Å². The van der Waals surface area contributed by atoms with Crippen molar-refractivity contribution in [3.05, 3.63) is 46.5 Å². The lowest BCUT2D eigenvalue weighted by atomic mass is 9.92. The van der Waals surface area contributed by atoms with Crippen molar-refractivity contribution in [1.82, 2.24) is 14.6 Å². The molecule has 3 aromatic heterocycles. The van der Waals surface area contributed by atoms with Crippen LogP contribution >= 0.6 is 11.3 Å². The maximum Gasteiger partial charge on any atom is 0.152 e. The first kappa shape index (κ1) is 14.1. The van der Waals surface area contributed by atoms with Gasteiger partial charge < -0.3 is 5.32 Å². The van der Waals surface area contributed by atoms with E-state index in [0.29, 0.717) is 0 Å². The van der Waals surface area contributed by atoms with E-state index in [1.54, 1.807) is 17.5 Å². The Bertz CT molecular complexity index is 737. The zero-order valence-corrected chi connectivity index (χ0v) is 13.6. The van der Waals surface area contributed by atoms with Crippen LogP contribution in [0.2, 0.25) is 0 Å². The summed E-state index contributed by atoms with van der Waals surface area (Å²) in [5, 5.41) is 12.4. The normalized spacial score (nSPS) is 13.5. The van der Waals surface area contributed by atoms with Crippen molar-refractivity contribution >= 4 is 22.7 Å². The standard InChI is InChI=1S/C16H20N4S/c1-11(12-5-8-21-10-12)18-15-13-9-14(16(2,3)4)19-20(13)7-6-17-15/h5-11H,1-4H3,(H,17,18). The van der Waals surface area contributed by atoms with Crippen LogP contribution in [0.5, 0.6) is 0 Å². The quantitative estimate of drug-likeness (QED) is 0.786. The van der Waals surface area contributed by atoms with E-state index in [4.69, 9.17) is 0 Å². The van der Waals surface area contributed by atoms with Gasteiger partial charge in [-0.2, -0.15) is 16.4 Å². The topological polar surface area (TPSA) is 42.2 Å². The molecular formula is C16H20N4S. The largest absolute Gasteiger partial charge is 0.362 e. The van der Waals surface area contributed by atoms with Crippen molar-refractivity contribution in [2.45, 2.75) is 39.2 Å². The van der Waals surface area contributed by atoms with Crippen molar-refractivity contribution in [2.24, 2.45) is 0 Å². The van der Waals surface area contributed by atoms with Crippen molar-refractivity contribution in [3.8, 4) is 0 Å². The summed E-state index contributed by atoms with van der Waals surface area (Å²) in [6.45, 7) is 8.66. The molecule has 0 bridgehead atoms. The summed E-state index contributed by atoms with van der Waals surface area (Å²) in [6.07, 6.45) is 3.68. The lowest BCUT2D eigenvalue weighted by Gasteiger charge is -2.14. The molecule has 0 radical (unpaired) electrons. The van der Waals surface area contributed by atoms with Crippen LogP contribution in [0.4, 0.5) is 5.82 Å². The molecule has 3 rings (SSSR count). The second-order valence-electron chi connectivity index (χ2n) is 6.31. The van der Waals surface area contributed by atoms with Crippen LogP contribution in [0, 0.1) is 0 Å². The molecule has 5 heteroatoms. The smallest absolute Gasteiger partial charge is 0.152 e. The number of rotatable bonds is 3. The highest BCUT2D eigenvalue weighted by molar-refractivity contribution is 7.07. The van der Waals surface area contributed by atoms with Gasteiger partial charge in [-0.1, -0.05) is 20.8 Å². The summed E-state index contributed by atoms with van der Waals surface area (Å²) in [7, 11) is 0. The third kappa shape index (κ3) is 2.78. The third-order valence-corrected chi connectivity index (χ3v) is 4.26. The molecule has 0 fully saturated rings. The van der Waals surface area contributed by atoms with Crippen molar-refractivity contribution in [1.29, 1.82) is 0 Å². The first-order valence-corrected chi connectivity index (χ1v) is 8.03. The summed E-state index contributed by atoms with van der Waals surface area (Å²) in [6, 6.07) is 4.48. The van der Waals surface area contributed by atoms with Crippen LogP contribution in [0.3, 0.4) is 0 Å². The molecule has 0 spiro atoms. The minimum absolute atomic E-state index is 0.0300. The van der Waals surface area contributed by atoms with Gasteiger partial charge in [0, 0.05) is 17.8 Å². The molecule has 3 heterocycles. The number of thiophene rings is 1. The zero-order valence-electron chi connectivity index (χ0n) is 12.8. The van der Waals surface area contributed by atoms with Crippen LogP contribution < -0.4 is 5.32 Å². The molecule has 0 aliphatic rings. The lowest BCUT2D eigenvalue weighted by molar-refractivity contribution is 0.562. The number of anilines is 1. The second kappa shape index (κ2) is 5.15. The highest BCUT2D eigenvalue weighted by atomic mass is 32.1. The zero-order chi connectivity index (χ0) is 15.0. The predicted octanol–water partition coefficient (Wildman–Crippen LogP) is 4.26. The Kier molecular flexibility index (Phi) is 3.45. The molecule has 0 aromatic carbocycles. The minimum atomic E-state index is 0.0300. The van der Waals surface area contributed by atoms with Crippen LogP contribution in [0.25, 0.3) is 5.52 Å². The molecule has 0 aliphatic heterocycles. The molecule has 1 atom stereocenters. The predicted molar refractivity (Wildman–Crippen MR) is 88.0 cm³/mol. The Morgan fingerprint density at radius 3 is 2.81 bits per heavy atom.